The third kappa shape index (κ3) is 2.77. The number of hydrogen-bond acceptors (Lipinski definition) is 6. The molecule has 2 aliphatic heterocycles. The van der Waals surface area contributed by atoms with Crippen molar-refractivity contribution in [1.29, 1.82) is 0 Å². The van der Waals surface area contributed by atoms with Crippen LogP contribution in [0.25, 0.3) is 0 Å². The van der Waals surface area contributed by atoms with Gasteiger partial charge < -0.3 is 19.9 Å². The van der Waals surface area contributed by atoms with Gasteiger partial charge in [0.1, 0.15) is 6.04 Å². The summed E-state index contributed by atoms with van der Waals surface area (Å²) in [6.45, 7) is 0.988. The molecule has 0 aromatic heterocycles. The van der Waals surface area contributed by atoms with E-state index in [9.17, 15) is 9.90 Å². The molecule has 3 N–H and O–H groups in total. The number of methoxy groups -OCH3 is 2. The van der Waals surface area contributed by atoms with Crippen LogP contribution >= 0.6 is 11.8 Å². The molecule has 2 unspecified atom stereocenters. The highest BCUT2D eigenvalue weighted by Crippen LogP contribution is 2.53. The van der Waals surface area contributed by atoms with Gasteiger partial charge in [-0.1, -0.05) is 6.07 Å². The number of thioether (sulfide) groups is 1. The lowest BCUT2D eigenvalue weighted by Crippen LogP contribution is -2.56. The van der Waals surface area contributed by atoms with E-state index in [1.54, 1.807) is 26.0 Å². The van der Waals surface area contributed by atoms with Gasteiger partial charge in [-0.2, -0.15) is 0 Å². The minimum Gasteiger partial charge on any atom is -0.493 e. The van der Waals surface area contributed by atoms with Gasteiger partial charge in [-0.05, 0) is 49.9 Å². The van der Waals surface area contributed by atoms with E-state index in [0.717, 1.165) is 43.7 Å². The highest BCUT2D eigenvalue weighted by Gasteiger charge is 2.55. The number of carbonyl (C=O) groups is 1. The Hall–Kier alpha value is -1.44. The fourth-order valence-electron chi connectivity index (χ4n) is 4.94. The van der Waals surface area contributed by atoms with E-state index in [2.05, 4.69) is 22.8 Å². The van der Waals surface area contributed by atoms with E-state index in [1.165, 1.54) is 5.56 Å². The van der Waals surface area contributed by atoms with Crippen molar-refractivity contribution in [2.24, 2.45) is 0 Å². The zero-order valence-electron chi connectivity index (χ0n) is 15.2. The predicted octanol–water partition coefficient (Wildman–Crippen LogP) is 1.97. The zero-order chi connectivity index (χ0) is 18.4. The predicted molar refractivity (Wildman–Crippen MR) is 101 cm³/mol. The van der Waals surface area contributed by atoms with Crippen LogP contribution in [0.4, 0.5) is 0 Å². The molecule has 1 aromatic carbocycles. The molecular formula is C19H26N2O4S. The molecule has 0 amide bonds. The summed E-state index contributed by atoms with van der Waals surface area (Å²) in [7, 11) is 3.33. The summed E-state index contributed by atoms with van der Waals surface area (Å²) < 4.78 is 10.9. The van der Waals surface area contributed by atoms with Gasteiger partial charge in [0.25, 0.3) is 0 Å². The fraction of sp³-hybridized carbons (Fsp3) is 0.632. The van der Waals surface area contributed by atoms with Gasteiger partial charge in [0.05, 0.1) is 19.1 Å². The number of rotatable bonds is 4. The first kappa shape index (κ1) is 17.9. The van der Waals surface area contributed by atoms with Crippen molar-refractivity contribution in [2.45, 2.75) is 48.1 Å². The van der Waals surface area contributed by atoms with Crippen LogP contribution in [-0.4, -0.2) is 54.5 Å². The number of aliphatic carboxylic acids is 1. The maximum absolute atomic E-state index is 11.4. The maximum Gasteiger partial charge on any atom is 0.321 e. The van der Waals surface area contributed by atoms with Crippen LogP contribution in [0.15, 0.2) is 18.2 Å². The second-order valence-electron chi connectivity index (χ2n) is 7.53. The summed E-state index contributed by atoms with van der Waals surface area (Å²) in [6.07, 6.45) is 4.05. The highest BCUT2D eigenvalue weighted by molar-refractivity contribution is 8.01. The molecule has 1 aliphatic carbocycles. The van der Waals surface area contributed by atoms with Crippen LogP contribution < -0.4 is 20.1 Å². The molecule has 2 heterocycles. The molecule has 26 heavy (non-hydrogen) atoms. The molecule has 2 saturated heterocycles. The van der Waals surface area contributed by atoms with Crippen LogP contribution in [0.1, 0.15) is 31.2 Å². The quantitative estimate of drug-likeness (QED) is 0.739. The standard InChI is InChI=1S/C19H26N2O4S/c1-24-14-4-3-12(9-15(14)25-2)18-5-6-19(10-16(18)20-8-7-18)21-13(11-26-19)17(22)23/h3-4,9,13,16,20-21H,5-8,10-11H2,1-2H3,(H,22,23)/t13?,16-,18-,19?/m0/s1. The minimum atomic E-state index is -0.745. The number of benzene rings is 1. The summed E-state index contributed by atoms with van der Waals surface area (Å²) in [5, 5.41) is 16.4. The van der Waals surface area contributed by atoms with Gasteiger partial charge in [0.2, 0.25) is 0 Å². The van der Waals surface area contributed by atoms with E-state index in [4.69, 9.17) is 9.47 Å². The first-order chi connectivity index (χ1) is 12.5. The molecule has 0 bridgehead atoms. The average molecular weight is 378 g/mol. The third-order valence-electron chi connectivity index (χ3n) is 6.36. The average Bonchev–Trinajstić information content (AvgIpc) is 3.26. The first-order valence-electron chi connectivity index (χ1n) is 9.12. The second-order valence-corrected chi connectivity index (χ2v) is 8.93. The molecule has 3 fully saturated rings. The van der Waals surface area contributed by atoms with Crippen molar-refractivity contribution in [3.63, 3.8) is 0 Å². The normalized spacial score (nSPS) is 36.1. The molecule has 4 atom stereocenters. The number of hydrogen-bond donors (Lipinski definition) is 3. The minimum absolute atomic E-state index is 0.0777. The molecule has 4 rings (SSSR count). The van der Waals surface area contributed by atoms with Crippen LogP contribution in [0.3, 0.4) is 0 Å². The summed E-state index contributed by atoms with van der Waals surface area (Å²) in [4.78, 5) is 11.2. The van der Waals surface area contributed by atoms with Gasteiger partial charge in [-0.25, -0.2) is 0 Å². The lowest BCUT2D eigenvalue weighted by Gasteiger charge is -2.47. The Morgan fingerprint density at radius 2 is 2.04 bits per heavy atom. The van der Waals surface area contributed by atoms with E-state index in [-0.39, 0.29) is 10.3 Å². The largest absolute Gasteiger partial charge is 0.493 e. The number of carboxylic acids is 1. The van der Waals surface area contributed by atoms with Gasteiger partial charge in [0.15, 0.2) is 11.5 Å². The van der Waals surface area contributed by atoms with Crippen LogP contribution in [0.5, 0.6) is 11.5 Å². The topological polar surface area (TPSA) is 79.8 Å². The van der Waals surface area contributed by atoms with E-state index in [1.807, 2.05) is 6.07 Å². The van der Waals surface area contributed by atoms with Crippen molar-refractivity contribution >= 4 is 17.7 Å². The van der Waals surface area contributed by atoms with Gasteiger partial charge in [-0.15, -0.1) is 11.8 Å². The van der Waals surface area contributed by atoms with Crippen molar-refractivity contribution in [1.82, 2.24) is 10.6 Å². The van der Waals surface area contributed by atoms with Crippen molar-refractivity contribution in [2.75, 3.05) is 26.5 Å². The fourth-order valence-corrected chi connectivity index (χ4v) is 6.41. The molecule has 142 valence electrons. The smallest absolute Gasteiger partial charge is 0.321 e. The molecule has 0 radical (unpaired) electrons. The van der Waals surface area contributed by atoms with E-state index >= 15 is 0 Å². The van der Waals surface area contributed by atoms with Gasteiger partial charge in [0, 0.05) is 17.2 Å². The lowest BCUT2D eigenvalue weighted by molar-refractivity contribution is -0.139. The Morgan fingerprint density at radius 3 is 2.73 bits per heavy atom. The molecule has 1 spiro atoms. The van der Waals surface area contributed by atoms with Crippen molar-refractivity contribution in [3.8, 4) is 11.5 Å². The van der Waals surface area contributed by atoms with E-state index < -0.39 is 12.0 Å². The zero-order valence-corrected chi connectivity index (χ0v) is 16.0. The summed E-state index contributed by atoms with van der Waals surface area (Å²) in [5.41, 5.74) is 1.37. The monoisotopic (exact) mass is 378 g/mol. The van der Waals surface area contributed by atoms with Crippen LogP contribution in [-0.2, 0) is 10.2 Å². The Labute approximate surface area is 158 Å². The third-order valence-corrected chi connectivity index (χ3v) is 7.90. The molecule has 3 aliphatic rings. The number of carboxylic acid groups (broad SMARTS) is 1. The van der Waals surface area contributed by atoms with Crippen LogP contribution in [0, 0.1) is 0 Å². The Balaban J connectivity index is 1.61. The number of fused-ring (bicyclic) bond motifs is 1. The Kier molecular flexibility index (Phi) is 4.57. The van der Waals surface area contributed by atoms with Crippen molar-refractivity contribution in [3.05, 3.63) is 23.8 Å². The van der Waals surface area contributed by atoms with Gasteiger partial charge >= 0.3 is 5.97 Å². The highest BCUT2D eigenvalue weighted by atomic mass is 32.2. The molecule has 1 saturated carbocycles. The Morgan fingerprint density at radius 1 is 1.23 bits per heavy atom. The summed E-state index contributed by atoms with van der Waals surface area (Å²) >= 11 is 1.78. The number of ether oxygens (including phenoxy) is 2. The summed E-state index contributed by atoms with van der Waals surface area (Å²) in [5.74, 6) is 1.42. The maximum atomic E-state index is 11.4. The number of nitrogens with one attached hydrogen (secondary N) is 2. The molecule has 6 nitrogen and oxygen atoms in total. The SMILES string of the molecule is COc1ccc([C@]23CCN[C@H]2CC2(CC3)NC(C(=O)O)CS2)cc1OC. The second kappa shape index (κ2) is 6.62. The summed E-state index contributed by atoms with van der Waals surface area (Å²) in [6, 6.07) is 6.17. The Bertz CT molecular complexity index is 715. The first-order valence-corrected chi connectivity index (χ1v) is 10.1. The molecule has 1 aromatic rings. The molecular weight excluding hydrogens is 352 g/mol. The molecule has 7 heteroatoms. The lowest BCUT2D eigenvalue weighted by atomic mass is 9.65. The van der Waals surface area contributed by atoms with Crippen molar-refractivity contribution < 1.29 is 19.4 Å². The van der Waals surface area contributed by atoms with E-state index in [0.29, 0.717) is 11.8 Å². The van der Waals surface area contributed by atoms with Gasteiger partial charge in [-0.3, -0.25) is 10.1 Å². The van der Waals surface area contributed by atoms with Crippen LogP contribution in [0.2, 0.25) is 0 Å².